The molecule has 0 bridgehead atoms. The number of aromatic nitrogens is 1. The number of fused-ring (bicyclic) bond motifs is 2. The molecule has 27 heavy (non-hydrogen) atoms. The van der Waals surface area contributed by atoms with E-state index in [1.165, 1.54) is 0 Å². The number of nitrogens with zero attached hydrogens (tertiary/aromatic N) is 1. The van der Waals surface area contributed by atoms with Crippen molar-refractivity contribution in [3.8, 4) is 11.5 Å². The molecule has 0 radical (unpaired) electrons. The predicted octanol–water partition coefficient (Wildman–Crippen LogP) is 2.89. The number of H-pyrrole nitrogens is 1. The fraction of sp³-hybridized carbons (Fsp3) is 0.286. The highest BCUT2D eigenvalue weighted by atomic mass is 16.7. The highest BCUT2D eigenvalue weighted by Crippen LogP contribution is 2.37. The molecule has 3 heterocycles. The number of likely N-dealkylation sites (tertiary alicyclic amines) is 1. The van der Waals surface area contributed by atoms with Gasteiger partial charge in [0.25, 0.3) is 5.91 Å². The van der Waals surface area contributed by atoms with Gasteiger partial charge in [0.15, 0.2) is 11.5 Å². The van der Waals surface area contributed by atoms with Crippen molar-refractivity contribution in [2.24, 2.45) is 0 Å². The summed E-state index contributed by atoms with van der Waals surface area (Å²) in [7, 11) is 0. The summed E-state index contributed by atoms with van der Waals surface area (Å²) >= 11 is 0. The van der Waals surface area contributed by atoms with Crippen LogP contribution in [0.5, 0.6) is 11.5 Å². The van der Waals surface area contributed by atoms with E-state index < -0.39 is 6.10 Å². The van der Waals surface area contributed by atoms with Gasteiger partial charge in [-0.3, -0.25) is 4.79 Å². The number of benzene rings is 2. The van der Waals surface area contributed by atoms with E-state index >= 15 is 0 Å². The number of rotatable bonds is 2. The van der Waals surface area contributed by atoms with E-state index in [-0.39, 0.29) is 18.6 Å². The summed E-state index contributed by atoms with van der Waals surface area (Å²) in [4.78, 5) is 17.7. The molecule has 1 saturated heterocycles. The van der Waals surface area contributed by atoms with Crippen LogP contribution in [0, 0.1) is 0 Å². The summed E-state index contributed by atoms with van der Waals surface area (Å²) in [5, 5.41) is 11.8. The van der Waals surface area contributed by atoms with Crippen LogP contribution >= 0.6 is 0 Å². The number of piperidine rings is 1. The van der Waals surface area contributed by atoms with Gasteiger partial charge in [-0.25, -0.2) is 0 Å². The molecule has 2 N–H and O–H groups in total. The Kier molecular flexibility index (Phi) is 3.79. The first-order valence-electron chi connectivity index (χ1n) is 9.13. The van der Waals surface area contributed by atoms with Gasteiger partial charge in [-0.2, -0.15) is 0 Å². The third-order valence-electron chi connectivity index (χ3n) is 5.50. The Morgan fingerprint density at radius 3 is 2.89 bits per heavy atom. The maximum Gasteiger partial charge on any atom is 0.254 e. The molecule has 0 unspecified atom stereocenters. The lowest BCUT2D eigenvalue weighted by atomic mass is 9.86. The summed E-state index contributed by atoms with van der Waals surface area (Å²) < 4.78 is 10.8. The average molecular weight is 364 g/mol. The molecule has 5 rings (SSSR count). The molecule has 0 spiro atoms. The Morgan fingerprint density at radius 2 is 2.00 bits per heavy atom. The first kappa shape index (κ1) is 16.2. The van der Waals surface area contributed by atoms with Crippen LogP contribution in [0.2, 0.25) is 0 Å². The lowest BCUT2D eigenvalue weighted by molar-refractivity contribution is 0.0382. The molecule has 2 aliphatic heterocycles. The molecule has 2 aromatic carbocycles. The van der Waals surface area contributed by atoms with E-state index in [1.807, 2.05) is 48.7 Å². The Balaban J connectivity index is 1.32. The number of β-amino-alcohol motifs (C(OH)–C–C–N with tert-alkyl or cyclic N) is 1. The molecule has 3 aromatic rings. The second-order valence-corrected chi connectivity index (χ2v) is 7.11. The molecule has 1 amide bonds. The molecule has 6 nitrogen and oxygen atoms in total. The zero-order valence-corrected chi connectivity index (χ0v) is 14.7. The molecule has 1 fully saturated rings. The van der Waals surface area contributed by atoms with E-state index in [1.54, 1.807) is 4.90 Å². The maximum atomic E-state index is 12.9. The molecule has 1 aromatic heterocycles. The van der Waals surface area contributed by atoms with E-state index in [9.17, 15) is 9.90 Å². The minimum Gasteiger partial charge on any atom is -0.454 e. The lowest BCUT2D eigenvalue weighted by Crippen LogP contribution is -2.45. The summed E-state index contributed by atoms with van der Waals surface area (Å²) in [5.74, 6) is 1.39. The van der Waals surface area contributed by atoms with Crippen LogP contribution in [-0.2, 0) is 0 Å². The molecule has 2 aliphatic rings. The average Bonchev–Trinajstić information content (AvgIpc) is 3.35. The fourth-order valence-corrected chi connectivity index (χ4v) is 4.01. The Morgan fingerprint density at radius 1 is 1.11 bits per heavy atom. The van der Waals surface area contributed by atoms with Crippen molar-refractivity contribution in [2.45, 2.75) is 18.4 Å². The number of hydrogen-bond donors (Lipinski definition) is 2. The Hall–Kier alpha value is -2.99. The number of aromatic amines is 1. The molecular formula is C21H20N2O4. The minimum atomic E-state index is -0.614. The van der Waals surface area contributed by atoms with Crippen LogP contribution in [0.1, 0.15) is 28.3 Å². The van der Waals surface area contributed by atoms with E-state index in [2.05, 4.69) is 4.98 Å². The van der Waals surface area contributed by atoms with Crippen molar-refractivity contribution in [1.29, 1.82) is 0 Å². The van der Waals surface area contributed by atoms with Crippen molar-refractivity contribution < 1.29 is 19.4 Å². The van der Waals surface area contributed by atoms with Crippen LogP contribution in [0.15, 0.2) is 48.7 Å². The SMILES string of the molecule is O=C(c1ccc2cc[nH]c2c1)N1CC[C@@H](c2ccc3c(c2)OCO3)[C@H](O)C1. The number of carbonyl (C=O) groups excluding carboxylic acids is 1. The first-order chi connectivity index (χ1) is 13.2. The van der Waals surface area contributed by atoms with Crippen LogP contribution in [0.4, 0.5) is 0 Å². The van der Waals surface area contributed by atoms with Crippen LogP contribution in [-0.4, -0.2) is 46.9 Å². The number of ether oxygens (including phenoxy) is 2. The smallest absolute Gasteiger partial charge is 0.254 e. The topological polar surface area (TPSA) is 74.8 Å². The zero-order valence-electron chi connectivity index (χ0n) is 14.7. The number of aliphatic hydroxyl groups is 1. The van der Waals surface area contributed by atoms with Gasteiger partial charge in [-0.05, 0) is 47.7 Å². The van der Waals surface area contributed by atoms with Gasteiger partial charge in [0.2, 0.25) is 6.79 Å². The highest BCUT2D eigenvalue weighted by Gasteiger charge is 2.32. The number of carbonyl (C=O) groups is 1. The van der Waals surface area contributed by atoms with E-state index in [4.69, 9.17) is 9.47 Å². The second kappa shape index (κ2) is 6.32. The Bertz CT molecular complexity index is 1010. The Labute approximate surface area is 156 Å². The van der Waals surface area contributed by atoms with Crippen LogP contribution in [0.25, 0.3) is 10.9 Å². The summed E-state index contributed by atoms with van der Waals surface area (Å²) in [6, 6.07) is 13.4. The van der Waals surface area contributed by atoms with Crippen molar-refractivity contribution in [3.63, 3.8) is 0 Å². The molecular weight excluding hydrogens is 344 g/mol. The molecule has 2 atom stereocenters. The zero-order chi connectivity index (χ0) is 18.4. The van der Waals surface area contributed by atoms with Gasteiger partial charge in [-0.1, -0.05) is 12.1 Å². The summed E-state index contributed by atoms with van der Waals surface area (Å²) in [5.41, 5.74) is 2.60. The van der Waals surface area contributed by atoms with Crippen molar-refractivity contribution in [3.05, 3.63) is 59.8 Å². The molecule has 0 saturated carbocycles. The monoisotopic (exact) mass is 364 g/mol. The van der Waals surface area contributed by atoms with E-state index in [0.717, 1.165) is 28.0 Å². The van der Waals surface area contributed by atoms with Gasteiger partial charge < -0.3 is 24.5 Å². The third kappa shape index (κ3) is 2.82. The van der Waals surface area contributed by atoms with E-state index in [0.29, 0.717) is 25.1 Å². The third-order valence-corrected chi connectivity index (χ3v) is 5.50. The van der Waals surface area contributed by atoms with Gasteiger partial charge in [0, 0.05) is 36.3 Å². The quantitative estimate of drug-likeness (QED) is 0.733. The number of nitrogens with one attached hydrogen (secondary N) is 1. The largest absolute Gasteiger partial charge is 0.454 e. The van der Waals surface area contributed by atoms with Crippen molar-refractivity contribution in [2.75, 3.05) is 19.9 Å². The van der Waals surface area contributed by atoms with Gasteiger partial charge in [0.1, 0.15) is 0 Å². The van der Waals surface area contributed by atoms with Gasteiger partial charge in [-0.15, -0.1) is 0 Å². The minimum absolute atomic E-state index is 0.0190. The predicted molar refractivity (Wildman–Crippen MR) is 100 cm³/mol. The van der Waals surface area contributed by atoms with Crippen molar-refractivity contribution >= 4 is 16.8 Å². The number of amides is 1. The molecule has 6 heteroatoms. The lowest BCUT2D eigenvalue weighted by Gasteiger charge is -2.36. The highest BCUT2D eigenvalue weighted by molar-refractivity contribution is 5.98. The van der Waals surface area contributed by atoms with Crippen LogP contribution in [0.3, 0.4) is 0 Å². The normalized spacial score (nSPS) is 21.6. The summed E-state index contributed by atoms with van der Waals surface area (Å²) in [6.45, 7) is 1.16. The van der Waals surface area contributed by atoms with Crippen molar-refractivity contribution in [1.82, 2.24) is 9.88 Å². The van der Waals surface area contributed by atoms with Gasteiger partial charge >= 0.3 is 0 Å². The standard InChI is InChI=1S/C21H20N2O4/c24-18-11-23(21(25)15-2-1-13-5-7-22-17(13)9-15)8-6-16(18)14-3-4-19-20(10-14)27-12-26-19/h1-5,7,9-10,16,18,22,24H,6,8,11-12H2/t16-,18+/m0/s1. The number of aliphatic hydroxyl groups excluding tert-OH is 1. The second-order valence-electron chi connectivity index (χ2n) is 7.11. The van der Waals surface area contributed by atoms with Crippen LogP contribution < -0.4 is 9.47 Å². The maximum absolute atomic E-state index is 12.9. The molecule has 0 aliphatic carbocycles. The number of hydrogen-bond acceptors (Lipinski definition) is 4. The van der Waals surface area contributed by atoms with Gasteiger partial charge in [0.05, 0.1) is 6.10 Å². The molecule has 138 valence electrons. The first-order valence-corrected chi connectivity index (χ1v) is 9.13. The summed E-state index contributed by atoms with van der Waals surface area (Å²) in [6.07, 6.45) is 1.95. The fourth-order valence-electron chi connectivity index (χ4n) is 4.01.